The third-order valence-electron chi connectivity index (χ3n) is 6.78. The molecule has 0 aromatic heterocycles. The maximum absolute atomic E-state index is 12.4. The van der Waals surface area contributed by atoms with Crippen molar-refractivity contribution in [3.05, 3.63) is 53.6 Å². The molecular formula is C28H40Cl2N4O3. The Morgan fingerprint density at radius 3 is 2.43 bits per heavy atom. The third kappa shape index (κ3) is 7.84. The second-order valence-electron chi connectivity index (χ2n) is 9.97. The maximum Gasteiger partial charge on any atom is 0.407 e. The molecule has 4 rings (SSSR count). The number of anilines is 1. The number of benzene rings is 2. The lowest BCUT2D eigenvalue weighted by Gasteiger charge is -2.39. The van der Waals surface area contributed by atoms with Crippen LogP contribution >= 0.6 is 24.8 Å². The minimum atomic E-state index is -0.433. The van der Waals surface area contributed by atoms with E-state index in [1.54, 1.807) is 6.92 Å². The van der Waals surface area contributed by atoms with Gasteiger partial charge in [0.2, 0.25) is 5.91 Å². The molecule has 204 valence electrons. The van der Waals surface area contributed by atoms with Gasteiger partial charge in [0.25, 0.3) is 0 Å². The number of halogens is 2. The average molecular weight is 552 g/mol. The van der Waals surface area contributed by atoms with Crippen molar-refractivity contribution in [3.63, 3.8) is 0 Å². The molecule has 2 heterocycles. The first-order valence-corrected chi connectivity index (χ1v) is 12.7. The minimum absolute atomic E-state index is 0. The molecule has 2 amide bonds. The number of carbonyl (C=O) groups excluding carboxylic acids is 2. The van der Waals surface area contributed by atoms with Crippen LogP contribution in [0.1, 0.15) is 57.7 Å². The fourth-order valence-electron chi connectivity index (χ4n) is 5.17. The fraction of sp³-hybridized carbons (Fsp3) is 0.500. The number of alkyl carbamates (subject to hydrolysis) is 1. The van der Waals surface area contributed by atoms with Crippen LogP contribution in [0.15, 0.2) is 42.5 Å². The number of hydrogen-bond donors (Lipinski definition) is 2. The zero-order valence-electron chi connectivity index (χ0n) is 22.2. The number of nitrogens with one attached hydrogen (secondary N) is 2. The highest BCUT2D eigenvalue weighted by molar-refractivity contribution is 5.94. The van der Waals surface area contributed by atoms with E-state index in [0.29, 0.717) is 6.42 Å². The van der Waals surface area contributed by atoms with Gasteiger partial charge in [0.15, 0.2) is 0 Å². The van der Waals surface area contributed by atoms with E-state index in [1.807, 2.05) is 31.7 Å². The van der Waals surface area contributed by atoms with Crippen LogP contribution in [-0.4, -0.2) is 55.2 Å². The summed E-state index contributed by atoms with van der Waals surface area (Å²) in [5, 5.41) is 6.48. The number of nitrogens with zero attached hydrogens (tertiary/aromatic N) is 2. The number of hydrogen-bond acceptors (Lipinski definition) is 5. The van der Waals surface area contributed by atoms with Crippen LogP contribution in [0.5, 0.6) is 0 Å². The molecule has 0 bridgehead atoms. The molecule has 2 aliphatic heterocycles. The highest BCUT2D eigenvalue weighted by atomic mass is 35.5. The maximum atomic E-state index is 12.4. The smallest absolute Gasteiger partial charge is 0.407 e. The lowest BCUT2D eigenvalue weighted by atomic mass is 9.89. The van der Waals surface area contributed by atoms with Crippen molar-refractivity contribution >= 4 is 42.5 Å². The molecule has 1 saturated heterocycles. The first-order chi connectivity index (χ1) is 16.8. The molecule has 2 aromatic rings. The zero-order chi connectivity index (χ0) is 24.9. The van der Waals surface area contributed by atoms with Crippen LogP contribution < -0.4 is 15.5 Å². The Bertz CT molecular complexity index is 1040. The first kappa shape index (κ1) is 30.9. The van der Waals surface area contributed by atoms with Gasteiger partial charge in [0.1, 0.15) is 0 Å². The van der Waals surface area contributed by atoms with E-state index in [9.17, 15) is 9.59 Å². The van der Waals surface area contributed by atoms with Crippen molar-refractivity contribution in [2.45, 2.75) is 65.3 Å². The molecule has 37 heavy (non-hydrogen) atoms. The highest BCUT2D eigenvalue weighted by Gasteiger charge is 2.33. The fourth-order valence-corrected chi connectivity index (χ4v) is 5.17. The summed E-state index contributed by atoms with van der Waals surface area (Å²) in [7, 11) is 0. The Morgan fingerprint density at radius 2 is 1.76 bits per heavy atom. The molecule has 1 fully saturated rings. The predicted molar refractivity (Wildman–Crippen MR) is 154 cm³/mol. The van der Waals surface area contributed by atoms with Crippen molar-refractivity contribution in [3.8, 4) is 11.1 Å². The summed E-state index contributed by atoms with van der Waals surface area (Å²) in [5.41, 5.74) is 5.28. The van der Waals surface area contributed by atoms with Gasteiger partial charge in [0.05, 0.1) is 12.1 Å². The minimum Gasteiger partial charge on any atom is -0.447 e. The van der Waals surface area contributed by atoms with Gasteiger partial charge in [-0.15, -0.1) is 24.8 Å². The van der Waals surface area contributed by atoms with Crippen LogP contribution in [0.3, 0.4) is 0 Å². The van der Waals surface area contributed by atoms with Crippen molar-refractivity contribution in [1.82, 2.24) is 15.5 Å². The summed E-state index contributed by atoms with van der Waals surface area (Å²) in [6, 6.07) is 14.6. The summed E-state index contributed by atoms with van der Waals surface area (Å²) >= 11 is 0. The molecule has 2 aromatic carbocycles. The van der Waals surface area contributed by atoms with Crippen LogP contribution in [0.4, 0.5) is 10.5 Å². The van der Waals surface area contributed by atoms with Crippen molar-refractivity contribution < 1.29 is 14.3 Å². The second-order valence-corrected chi connectivity index (χ2v) is 9.97. The summed E-state index contributed by atoms with van der Waals surface area (Å²) in [5.74, 6) is 0.00257. The SMILES string of the molecule is CC(=O)N1c2ccc(-c3ccc(CN4CCCNCC4)cc3)cc2[C@H](NC(=O)OC(C)C)C[C@@H]1C.Cl.Cl. The Balaban J connectivity index is 0.00000241. The Kier molecular flexibility index (Phi) is 11.7. The summed E-state index contributed by atoms with van der Waals surface area (Å²) in [6.45, 7) is 12.6. The van der Waals surface area contributed by atoms with Gasteiger partial charge in [-0.2, -0.15) is 0 Å². The number of rotatable bonds is 5. The zero-order valence-corrected chi connectivity index (χ0v) is 23.8. The Labute approximate surface area is 233 Å². The van der Waals surface area contributed by atoms with Crippen molar-refractivity contribution in [1.29, 1.82) is 0 Å². The summed E-state index contributed by atoms with van der Waals surface area (Å²) in [4.78, 5) is 29.2. The van der Waals surface area contributed by atoms with E-state index in [-0.39, 0.29) is 48.9 Å². The monoisotopic (exact) mass is 550 g/mol. The molecule has 0 spiro atoms. The standard InChI is InChI=1S/C28H38N4O3.2ClH/c1-19(2)35-28(34)30-26-16-20(3)32(21(4)33)27-11-10-24(17-25(26)27)23-8-6-22(7-9-23)18-31-14-5-12-29-13-15-31;;/h6-11,17,19-20,26,29H,5,12-16,18H2,1-4H3,(H,30,34);2*1H/t20-,26+;;/m0../s1. The van der Waals surface area contributed by atoms with Gasteiger partial charge in [-0.05, 0) is 81.1 Å². The molecule has 7 nitrogen and oxygen atoms in total. The highest BCUT2D eigenvalue weighted by Crippen LogP contribution is 2.39. The molecule has 9 heteroatoms. The third-order valence-corrected chi connectivity index (χ3v) is 6.78. The molecule has 0 radical (unpaired) electrons. The number of carbonyl (C=O) groups is 2. The van der Waals surface area contributed by atoms with Gasteiger partial charge in [-0.3, -0.25) is 9.69 Å². The topological polar surface area (TPSA) is 73.9 Å². The van der Waals surface area contributed by atoms with Crippen LogP contribution in [0.2, 0.25) is 0 Å². The van der Waals surface area contributed by atoms with E-state index >= 15 is 0 Å². The van der Waals surface area contributed by atoms with E-state index in [1.165, 1.54) is 12.0 Å². The molecule has 2 N–H and O–H groups in total. The van der Waals surface area contributed by atoms with Gasteiger partial charge in [-0.1, -0.05) is 30.3 Å². The van der Waals surface area contributed by atoms with Crippen LogP contribution in [0.25, 0.3) is 11.1 Å². The van der Waals surface area contributed by atoms with E-state index in [0.717, 1.165) is 55.1 Å². The Hall–Kier alpha value is -2.32. The molecule has 0 aliphatic carbocycles. The van der Waals surface area contributed by atoms with Crippen LogP contribution in [0, 0.1) is 0 Å². The van der Waals surface area contributed by atoms with Crippen LogP contribution in [-0.2, 0) is 16.1 Å². The largest absolute Gasteiger partial charge is 0.447 e. The molecule has 2 atom stereocenters. The van der Waals surface area contributed by atoms with E-state index in [4.69, 9.17) is 4.74 Å². The quantitative estimate of drug-likeness (QED) is 0.527. The average Bonchev–Trinajstić information content (AvgIpc) is 3.07. The molecule has 0 unspecified atom stereocenters. The van der Waals surface area contributed by atoms with Gasteiger partial charge in [-0.25, -0.2) is 4.79 Å². The second kappa shape index (κ2) is 14.0. The lowest BCUT2D eigenvalue weighted by Crippen LogP contribution is -2.45. The number of ether oxygens (including phenoxy) is 1. The Morgan fingerprint density at radius 1 is 1.05 bits per heavy atom. The number of amides is 2. The first-order valence-electron chi connectivity index (χ1n) is 12.7. The van der Waals surface area contributed by atoms with Gasteiger partial charge in [0, 0.05) is 38.3 Å². The molecule has 0 saturated carbocycles. The van der Waals surface area contributed by atoms with E-state index in [2.05, 4.69) is 51.9 Å². The number of fused-ring (bicyclic) bond motifs is 1. The van der Waals surface area contributed by atoms with Crippen molar-refractivity contribution in [2.24, 2.45) is 0 Å². The predicted octanol–water partition coefficient (Wildman–Crippen LogP) is 5.31. The van der Waals surface area contributed by atoms with Crippen molar-refractivity contribution in [2.75, 3.05) is 31.1 Å². The van der Waals surface area contributed by atoms with Gasteiger partial charge >= 0.3 is 6.09 Å². The molecule has 2 aliphatic rings. The van der Waals surface area contributed by atoms with E-state index < -0.39 is 6.09 Å². The normalized spacial score (nSPS) is 19.6. The lowest BCUT2D eigenvalue weighted by molar-refractivity contribution is -0.117. The molecular weight excluding hydrogens is 511 g/mol. The summed E-state index contributed by atoms with van der Waals surface area (Å²) < 4.78 is 5.34. The van der Waals surface area contributed by atoms with Gasteiger partial charge < -0.3 is 20.3 Å². The summed E-state index contributed by atoms with van der Waals surface area (Å²) in [6.07, 6.45) is 1.19.